The molecule has 8 saturated heterocycles. The van der Waals surface area contributed by atoms with Crippen LogP contribution in [0.3, 0.4) is 0 Å². The summed E-state index contributed by atoms with van der Waals surface area (Å²) < 4.78 is 27.7. The number of piperazine rings is 2. The van der Waals surface area contributed by atoms with E-state index in [2.05, 4.69) is 5.32 Å². The number of fused-ring (bicyclic) bond motifs is 11. The summed E-state index contributed by atoms with van der Waals surface area (Å²) in [5, 5.41) is 17.1. The summed E-state index contributed by atoms with van der Waals surface area (Å²) in [6.45, 7) is 4.86. The van der Waals surface area contributed by atoms with Crippen LogP contribution < -0.4 is 5.32 Å². The molecule has 1 aliphatic carbocycles. The average Bonchev–Trinajstić information content (AvgIpc) is 3.77. The Bertz CT molecular complexity index is 2110. The van der Waals surface area contributed by atoms with E-state index in [1.54, 1.807) is 51.1 Å². The predicted molar refractivity (Wildman–Crippen MR) is 191 cm³/mol. The van der Waals surface area contributed by atoms with Gasteiger partial charge in [-0.3, -0.25) is 24.1 Å². The number of amides is 4. The van der Waals surface area contributed by atoms with E-state index in [4.69, 9.17) is 9.47 Å². The number of aliphatic hydroxyl groups is 1. The van der Waals surface area contributed by atoms with Gasteiger partial charge in [-0.05, 0) is 83.7 Å². The van der Waals surface area contributed by atoms with Gasteiger partial charge >= 0.3 is 6.16 Å². The van der Waals surface area contributed by atoms with E-state index in [0.29, 0.717) is 22.4 Å². The number of carbonyl (C=O) groups is 5. The maximum absolute atomic E-state index is 15.8. The van der Waals surface area contributed by atoms with Gasteiger partial charge in [0.1, 0.15) is 18.1 Å². The number of hydrogen-bond donors (Lipinski definition) is 2. The van der Waals surface area contributed by atoms with Gasteiger partial charge in [0.15, 0.2) is 15.8 Å². The number of carbonyl (C=O) groups excluding carboxylic acids is 5. The van der Waals surface area contributed by atoms with E-state index < -0.39 is 90.3 Å². The minimum absolute atomic E-state index is 0.0661. The predicted octanol–water partition coefficient (Wildman–Crippen LogP) is 2.82. The van der Waals surface area contributed by atoms with Gasteiger partial charge in [-0.25, -0.2) is 9.18 Å². The highest BCUT2D eigenvalue weighted by atomic mass is 33.1. The summed E-state index contributed by atoms with van der Waals surface area (Å²) in [5.74, 6) is -2.50. The molecule has 13 nitrogen and oxygen atoms in total. The molecule has 0 aromatic heterocycles. The molecule has 272 valence electrons. The van der Waals surface area contributed by atoms with Gasteiger partial charge in [0, 0.05) is 19.8 Å². The Kier molecular flexibility index (Phi) is 6.30. The molecule has 12 rings (SSSR count). The van der Waals surface area contributed by atoms with Crippen LogP contribution in [0.2, 0.25) is 0 Å². The molecule has 52 heavy (non-hydrogen) atoms. The summed E-state index contributed by atoms with van der Waals surface area (Å²) in [5.41, 5.74) is -1.77. The first kappa shape index (κ1) is 33.3. The number of nitrogens with one attached hydrogen (secondary N) is 1. The fraction of sp³-hybridized carbons (Fsp3) is 0.500. The molecule has 10 atom stereocenters. The number of rotatable bonds is 3. The first-order valence-electron chi connectivity index (χ1n) is 16.8. The van der Waals surface area contributed by atoms with Crippen molar-refractivity contribution in [2.45, 2.75) is 81.9 Å². The first-order valence-corrected chi connectivity index (χ1v) is 21.1. The summed E-state index contributed by atoms with van der Waals surface area (Å²) in [7, 11) is 7.58. The molecular formula is C34H32FN5O8S4. The zero-order valence-corrected chi connectivity index (χ0v) is 31.6. The Morgan fingerprint density at radius 3 is 2.21 bits per heavy atom. The van der Waals surface area contributed by atoms with Gasteiger partial charge in [-0.1, -0.05) is 45.9 Å². The van der Waals surface area contributed by atoms with Crippen molar-refractivity contribution in [3.8, 4) is 0 Å². The van der Waals surface area contributed by atoms with E-state index in [1.165, 1.54) is 67.4 Å². The van der Waals surface area contributed by atoms with E-state index in [0.717, 1.165) is 21.6 Å². The maximum atomic E-state index is 15.8. The topological polar surface area (TPSA) is 149 Å². The Morgan fingerprint density at radius 1 is 0.885 bits per heavy atom. The van der Waals surface area contributed by atoms with Crippen LogP contribution in [-0.2, 0) is 45.9 Å². The van der Waals surface area contributed by atoms with Crippen LogP contribution in [0.25, 0.3) is 0 Å². The second-order valence-corrected chi connectivity index (χ2v) is 20.2. The van der Waals surface area contributed by atoms with Crippen LogP contribution in [0.5, 0.6) is 0 Å². The van der Waals surface area contributed by atoms with Gasteiger partial charge in [-0.2, -0.15) is 0 Å². The lowest BCUT2D eigenvalue weighted by molar-refractivity contribution is -0.167. The highest BCUT2D eigenvalue weighted by Crippen LogP contribution is 2.79. The van der Waals surface area contributed by atoms with Crippen LogP contribution in [0, 0.1) is 5.82 Å². The molecule has 18 heteroatoms. The zero-order chi connectivity index (χ0) is 36.7. The Hall–Kier alpha value is -3.32. The summed E-state index contributed by atoms with van der Waals surface area (Å²) in [6.07, 6.45) is -5.57. The SMILES string of the molecule is CCOC(=O)O[C@H]1[C@]2([C@@]34c5cc(F)ccc5C[C@@H]3N3C(=O)[C@]5(C)SS[C@]3(C(=O)N5C)[C@H]4O)c3ccccc3N[C@@H]2N2C(=O)[C@]3(C)SS[C@]12C(=O)N3C. The fourth-order valence-corrected chi connectivity index (χ4v) is 17.8. The van der Waals surface area contributed by atoms with Gasteiger partial charge in [0.05, 0.1) is 23.5 Å². The highest BCUT2D eigenvalue weighted by molar-refractivity contribution is 8.78. The molecule has 9 heterocycles. The molecule has 2 spiro atoms. The molecule has 2 aromatic rings. The standard InChI is InChI=1S/C34H32FN5O8S4/c1-6-47-28(46)48-22-32(17-9-7-8-10-19(17)36-23(32)40-25(43)30(3)38(5)27(45)34(22,40)52-50-30)31-18-14-16(35)12-11-15(18)13-20(31)39-24(42)29(2)37(4)26(44)33(39,21(31)41)51-49-29/h7-12,14,20-23,36,41H,6,13H2,1-5H3/t20-,21-,22-,23+,29-,30-,31-,32+,33-,34-/m0/s1. The van der Waals surface area contributed by atoms with Crippen molar-refractivity contribution in [1.82, 2.24) is 19.6 Å². The van der Waals surface area contributed by atoms with Crippen LogP contribution in [0.4, 0.5) is 14.9 Å². The van der Waals surface area contributed by atoms with Crippen molar-refractivity contribution in [1.29, 1.82) is 0 Å². The number of hydrogen-bond acceptors (Lipinski definition) is 13. The van der Waals surface area contributed by atoms with Crippen molar-refractivity contribution in [3.63, 3.8) is 0 Å². The van der Waals surface area contributed by atoms with Crippen molar-refractivity contribution in [2.75, 3.05) is 26.0 Å². The minimum atomic E-state index is -1.92. The molecule has 0 unspecified atom stereocenters. The lowest BCUT2D eigenvalue weighted by Gasteiger charge is -2.58. The van der Waals surface area contributed by atoms with E-state index in [9.17, 15) is 19.5 Å². The average molecular weight is 786 g/mol. The number of nitrogens with zero attached hydrogens (tertiary/aromatic N) is 4. The number of benzene rings is 2. The third kappa shape index (κ3) is 3.05. The number of likely N-dealkylation sites (N-methyl/N-ethyl adjacent to an activating group) is 2. The largest absolute Gasteiger partial charge is 0.508 e. The molecule has 2 aromatic carbocycles. The van der Waals surface area contributed by atoms with Gasteiger partial charge in [0.25, 0.3) is 23.6 Å². The highest BCUT2D eigenvalue weighted by Gasteiger charge is 2.93. The van der Waals surface area contributed by atoms with Crippen molar-refractivity contribution in [2.24, 2.45) is 0 Å². The van der Waals surface area contributed by atoms with Crippen LogP contribution in [0.15, 0.2) is 42.5 Å². The number of anilines is 1. The lowest BCUT2D eigenvalue weighted by Crippen LogP contribution is -2.77. The molecular weight excluding hydrogens is 754 g/mol. The smallest absolute Gasteiger partial charge is 0.435 e. The summed E-state index contributed by atoms with van der Waals surface area (Å²) >= 11 is 0. The zero-order valence-electron chi connectivity index (χ0n) is 28.4. The molecule has 0 radical (unpaired) electrons. The number of aliphatic hydroxyl groups excluding tert-OH is 1. The first-order chi connectivity index (χ1) is 24.7. The minimum Gasteiger partial charge on any atom is -0.435 e. The molecule has 8 fully saturated rings. The van der Waals surface area contributed by atoms with E-state index in [1.807, 2.05) is 0 Å². The normalized spacial score (nSPS) is 42.9. The second kappa shape index (κ2) is 9.85. The molecule has 9 aliphatic heterocycles. The molecule has 4 amide bonds. The summed E-state index contributed by atoms with van der Waals surface area (Å²) in [6, 6.07) is 10.3. The maximum Gasteiger partial charge on any atom is 0.508 e. The van der Waals surface area contributed by atoms with Crippen LogP contribution in [0.1, 0.15) is 37.5 Å². The fourth-order valence-electron chi connectivity index (χ4n) is 10.6. The van der Waals surface area contributed by atoms with Gasteiger partial charge in [0.2, 0.25) is 9.74 Å². The van der Waals surface area contributed by atoms with Gasteiger partial charge < -0.3 is 34.6 Å². The van der Waals surface area contributed by atoms with Gasteiger partial charge in [-0.15, -0.1) is 0 Å². The van der Waals surface area contributed by atoms with E-state index >= 15 is 14.0 Å². The van der Waals surface area contributed by atoms with Crippen molar-refractivity contribution in [3.05, 3.63) is 65.0 Å². The molecule has 10 aliphatic rings. The second-order valence-electron chi connectivity index (χ2n) is 14.7. The van der Waals surface area contributed by atoms with Crippen molar-refractivity contribution < 1.29 is 42.9 Å². The number of halogens is 1. The lowest BCUT2D eigenvalue weighted by atomic mass is 9.51. The summed E-state index contributed by atoms with van der Waals surface area (Å²) in [4.78, 5) is 72.7. The Labute approximate surface area is 312 Å². The number of ether oxygens (including phenoxy) is 2. The van der Waals surface area contributed by atoms with Crippen LogP contribution >= 0.6 is 43.2 Å². The Balaban J connectivity index is 1.38. The molecule has 4 bridgehead atoms. The monoisotopic (exact) mass is 785 g/mol. The van der Waals surface area contributed by atoms with Crippen LogP contribution in [-0.4, -0.2) is 119 Å². The third-order valence-corrected chi connectivity index (χ3v) is 20.3. The molecule has 0 saturated carbocycles. The third-order valence-electron chi connectivity index (χ3n) is 13.0. The number of para-hydroxylation sites is 1. The Morgan fingerprint density at radius 2 is 1.52 bits per heavy atom. The van der Waals surface area contributed by atoms with E-state index in [-0.39, 0.29) is 13.0 Å². The quantitative estimate of drug-likeness (QED) is 0.348. The van der Waals surface area contributed by atoms with Crippen molar-refractivity contribution >= 4 is 78.6 Å². The molecule has 2 N–H and O–H groups in total.